The van der Waals surface area contributed by atoms with Crippen LogP contribution in [0.3, 0.4) is 0 Å². The lowest BCUT2D eigenvalue weighted by Crippen LogP contribution is -2.48. The average Bonchev–Trinajstić information content (AvgIpc) is 2.58. The van der Waals surface area contributed by atoms with Gasteiger partial charge in [0.15, 0.2) is 0 Å². The van der Waals surface area contributed by atoms with E-state index in [2.05, 4.69) is 11.4 Å². The van der Waals surface area contributed by atoms with Crippen molar-refractivity contribution in [3.63, 3.8) is 0 Å². The van der Waals surface area contributed by atoms with Crippen molar-refractivity contribution in [3.05, 3.63) is 40.4 Å². The Hall–Kier alpha value is -1.53. The molecule has 1 aliphatic carbocycles. The Morgan fingerprint density at radius 1 is 1.35 bits per heavy atom. The van der Waals surface area contributed by atoms with Gasteiger partial charge in [0.1, 0.15) is 6.04 Å². The van der Waals surface area contributed by atoms with Gasteiger partial charge in [-0.25, -0.2) is 8.42 Å². The van der Waals surface area contributed by atoms with Gasteiger partial charge < -0.3 is 5.32 Å². The Kier molecular flexibility index (Phi) is 7.12. The predicted octanol–water partition coefficient (Wildman–Crippen LogP) is 3.81. The normalized spacial score (nSPS) is 15.9. The van der Waals surface area contributed by atoms with E-state index in [1.54, 1.807) is 25.1 Å². The molecule has 0 saturated carbocycles. The molecule has 1 atom stereocenters. The number of carbonyl (C=O) groups excluding carboxylic acids is 1. The number of allylic oxidation sites excluding steroid dienone is 1. The largest absolute Gasteiger partial charge is 0.354 e. The molecule has 0 unspecified atom stereocenters. The van der Waals surface area contributed by atoms with Crippen molar-refractivity contribution in [3.8, 4) is 0 Å². The number of halogens is 1. The Morgan fingerprint density at radius 3 is 2.65 bits per heavy atom. The van der Waals surface area contributed by atoms with Crippen LogP contribution in [-0.2, 0) is 14.8 Å². The van der Waals surface area contributed by atoms with E-state index < -0.39 is 16.1 Å². The molecule has 1 N–H and O–H groups in total. The van der Waals surface area contributed by atoms with Crippen molar-refractivity contribution in [2.24, 2.45) is 0 Å². The predicted molar refractivity (Wildman–Crippen MR) is 107 cm³/mol. The zero-order valence-electron chi connectivity index (χ0n) is 15.6. The summed E-state index contributed by atoms with van der Waals surface area (Å²) in [5.41, 5.74) is 2.61. The zero-order valence-corrected chi connectivity index (χ0v) is 17.2. The quantitative estimate of drug-likeness (QED) is 0.710. The highest BCUT2D eigenvalue weighted by Gasteiger charge is 2.29. The van der Waals surface area contributed by atoms with Gasteiger partial charge in [0.2, 0.25) is 15.9 Å². The van der Waals surface area contributed by atoms with Crippen LogP contribution in [0.4, 0.5) is 5.69 Å². The summed E-state index contributed by atoms with van der Waals surface area (Å²) in [5.74, 6) is -0.316. The molecule has 0 bridgehead atoms. The molecule has 0 fully saturated rings. The number of hydrogen-bond acceptors (Lipinski definition) is 3. The van der Waals surface area contributed by atoms with Crippen LogP contribution < -0.4 is 9.62 Å². The molecule has 0 aromatic heterocycles. The first-order valence-electron chi connectivity index (χ1n) is 8.91. The van der Waals surface area contributed by atoms with Crippen molar-refractivity contribution >= 4 is 33.2 Å². The Balaban J connectivity index is 2.08. The molecule has 1 aromatic rings. The summed E-state index contributed by atoms with van der Waals surface area (Å²) in [6.07, 6.45) is 8.78. The first kappa shape index (κ1) is 20.8. The van der Waals surface area contributed by atoms with Crippen LogP contribution in [0.15, 0.2) is 29.8 Å². The number of amides is 1. The minimum atomic E-state index is -3.63. The number of benzene rings is 1. The SMILES string of the molecule is Cc1ccc(N([C@@H](C)C(=O)NCCC2=CCCCC2)S(C)(=O)=O)cc1Cl. The second kappa shape index (κ2) is 8.91. The van der Waals surface area contributed by atoms with Crippen molar-refractivity contribution in [2.45, 2.75) is 52.0 Å². The van der Waals surface area contributed by atoms with Gasteiger partial charge in [-0.2, -0.15) is 0 Å². The lowest BCUT2D eigenvalue weighted by atomic mass is 9.97. The van der Waals surface area contributed by atoms with Gasteiger partial charge in [-0.15, -0.1) is 0 Å². The maximum absolute atomic E-state index is 12.5. The number of nitrogens with zero attached hydrogens (tertiary/aromatic N) is 1. The number of hydrogen-bond donors (Lipinski definition) is 1. The number of nitrogens with one attached hydrogen (secondary N) is 1. The van der Waals surface area contributed by atoms with Crippen molar-refractivity contribution in [2.75, 3.05) is 17.1 Å². The van der Waals surface area contributed by atoms with E-state index >= 15 is 0 Å². The minimum Gasteiger partial charge on any atom is -0.354 e. The fourth-order valence-corrected chi connectivity index (χ4v) is 4.49. The van der Waals surface area contributed by atoms with Crippen molar-refractivity contribution in [1.82, 2.24) is 5.32 Å². The molecule has 1 amide bonds. The lowest BCUT2D eigenvalue weighted by Gasteiger charge is -2.28. The van der Waals surface area contributed by atoms with Gasteiger partial charge in [0.25, 0.3) is 0 Å². The van der Waals surface area contributed by atoms with Crippen molar-refractivity contribution < 1.29 is 13.2 Å². The van der Waals surface area contributed by atoms with Crippen LogP contribution in [0.5, 0.6) is 0 Å². The lowest BCUT2D eigenvalue weighted by molar-refractivity contribution is -0.121. The molecule has 0 aliphatic heterocycles. The standard InChI is InChI=1S/C19H27ClN2O3S/c1-14-9-10-17(13-18(14)20)22(26(3,24)25)15(2)19(23)21-12-11-16-7-5-4-6-8-16/h7,9-10,13,15H,4-6,8,11-12H2,1-3H3,(H,21,23)/t15-/m0/s1. The third-order valence-corrected chi connectivity index (χ3v) is 6.28. The van der Waals surface area contributed by atoms with Gasteiger partial charge in [0, 0.05) is 11.6 Å². The molecule has 1 aliphatic rings. The fraction of sp³-hybridized carbons (Fsp3) is 0.526. The first-order valence-corrected chi connectivity index (χ1v) is 11.1. The highest BCUT2D eigenvalue weighted by molar-refractivity contribution is 7.92. The Morgan fingerprint density at radius 2 is 2.08 bits per heavy atom. The molecule has 0 heterocycles. The van der Waals surface area contributed by atoms with Gasteiger partial charge in [-0.1, -0.05) is 29.3 Å². The zero-order chi connectivity index (χ0) is 19.3. The van der Waals surface area contributed by atoms with Crippen molar-refractivity contribution in [1.29, 1.82) is 0 Å². The van der Waals surface area contributed by atoms with E-state index in [0.29, 0.717) is 17.3 Å². The molecule has 2 rings (SSSR count). The van der Waals surface area contributed by atoms with Crippen LogP contribution in [0, 0.1) is 6.92 Å². The highest BCUT2D eigenvalue weighted by atomic mass is 35.5. The Labute approximate surface area is 161 Å². The van der Waals surface area contributed by atoms with Gasteiger partial charge in [0.05, 0.1) is 11.9 Å². The van der Waals surface area contributed by atoms with Crippen LogP contribution in [0.2, 0.25) is 5.02 Å². The van der Waals surface area contributed by atoms with E-state index in [0.717, 1.165) is 35.4 Å². The molecule has 0 saturated heterocycles. The summed E-state index contributed by atoms with van der Waals surface area (Å²) in [6.45, 7) is 3.94. The molecule has 26 heavy (non-hydrogen) atoms. The molecule has 144 valence electrons. The van der Waals surface area contributed by atoms with E-state index in [1.807, 2.05) is 6.92 Å². The number of rotatable bonds is 7. The number of anilines is 1. The van der Waals surface area contributed by atoms with Gasteiger partial charge >= 0.3 is 0 Å². The maximum atomic E-state index is 12.5. The van der Waals surface area contributed by atoms with E-state index in [4.69, 9.17) is 11.6 Å². The second-order valence-corrected chi connectivity index (χ2v) is 9.08. The molecule has 7 heteroatoms. The van der Waals surface area contributed by atoms with Gasteiger partial charge in [-0.3, -0.25) is 9.10 Å². The number of carbonyl (C=O) groups is 1. The maximum Gasteiger partial charge on any atom is 0.243 e. The molecule has 5 nitrogen and oxygen atoms in total. The summed E-state index contributed by atoms with van der Waals surface area (Å²) < 4.78 is 25.7. The molecule has 0 spiro atoms. The highest BCUT2D eigenvalue weighted by Crippen LogP contribution is 2.26. The fourth-order valence-electron chi connectivity index (χ4n) is 3.15. The Bertz CT molecular complexity index is 790. The van der Waals surface area contributed by atoms with Crippen LogP contribution in [0.1, 0.15) is 44.6 Å². The second-order valence-electron chi connectivity index (χ2n) is 6.82. The van der Waals surface area contributed by atoms with E-state index in [-0.39, 0.29) is 5.91 Å². The van der Waals surface area contributed by atoms with E-state index in [9.17, 15) is 13.2 Å². The number of aryl methyl sites for hydroxylation is 1. The third-order valence-electron chi connectivity index (χ3n) is 4.63. The topological polar surface area (TPSA) is 66.5 Å². The summed E-state index contributed by atoms with van der Waals surface area (Å²) in [6, 6.07) is 4.13. The summed E-state index contributed by atoms with van der Waals surface area (Å²) in [5, 5.41) is 3.32. The number of sulfonamides is 1. The van der Waals surface area contributed by atoms with Crippen LogP contribution >= 0.6 is 11.6 Å². The molecular formula is C19H27ClN2O3S. The van der Waals surface area contributed by atoms with Crippen LogP contribution in [-0.4, -0.2) is 33.2 Å². The summed E-state index contributed by atoms with van der Waals surface area (Å²) in [4.78, 5) is 12.5. The van der Waals surface area contributed by atoms with Gasteiger partial charge in [-0.05, 0) is 63.6 Å². The smallest absolute Gasteiger partial charge is 0.243 e. The molecular weight excluding hydrogens is 372 g/mol. The summed E-state index contributed by atoms with van der Waals surface area (Å²) >= 11 is 6.13. The summed E-state index contributed by atoms with van der Waals surface area (Å²) in [7, 11) is -3.63. The third kappa shape index (κ3) is 5.48. The first-order chi connectivity index (χ1) is 12.2. The van der Waals surface area contributed by atoms with E-state index in [1.165, 1.54) is 18.4 Å². The molecule has 1 aromatic carbocycles. The minimum absolute atomic E-state index is 0.316. The monoisotopic (exact) mass is 398 g/mol. The molecule has 0 radical (unpaired) electrons. The van der Waals surface area contributed by atoms with Crippen LogP contribution in [0.25, 0.3) is 0 Å². The average molecular weight is 399 g/mol.